The topological polar surface area (TPSA) is 55.8 Å². The Bertz CT molecular complexity index is 876. The second-order valence-corrected chi connectivity index (χ2v) is 6.76. The number of hydrogen-bond acceptors (Lipinski definition) is 4. The molecular formula is C21H22F4O4. The van der Waals surface area contributed by atoms with Gasteiger partial charge in [-0.15, -0.1) is 0 Å². The van der Waals surface area contributed by atoms with Gasteiger partial charge in [-0.2, -0.15) is 13.2 Å². The minimum absolute atomic E-state index is 0.0348. The molecule has 1 N–H and O–H groups in total. The zero-order chi connectivity index (χ0) is 21.8. The number of esters is 1. The molecule has 0 aliphatic rings. The van der Waals surface area contributed by atoms with Gasteiger partial charge in [0, 0.05) is 0 Å². The van der Waals surface area contributed by atoms with Crippen molar-refractivity contribution in [1.29, 1.82) is 0 Å². The van der Waals surface area contributed by atoms with Crippen LogP contribution in [0.2, 0.25) is 0 Å². The van der Waals surface area contributed by atoms with Crippen LogP contribution in [0.4, 0.5) is 17.6 Å². The fourth-order valence-electron chi connectivity index (χ4n) is 2.85. The summed E-state index contributed by atoms with van der Waals surface area (Å²) in [6.45, 7) is 4.62. The molecule has 2 aromatic carbocycles. The van der Waals surface area contributed by atoms with E-state index in [0.717, 1.165) is 6.07 Å². The lowest BCUT2D eigenvalue weighted by Gasteiger charge is -2.17. The molecule has 0 fully saturated rings. The van der Waals surface area contributed by atoms with Gasteiger partial charge in [-0.1, -0.05) is 26.0 Å². The van der Waals surface area contributed by atoms with Crippen molar-refractivity contribution in [1.82, 2.24) is 0 Å². The van der Waals surface area contributed by atoms with Gasteiger partial charge in [0.2, 0.25) is 0 Å². The summed E-state index contributed by atoms with van der Waals surface area (Å²) in [6, 6.07) is 5.80. The standard InChI is InChI=1S/C21H22F4O4/c1-4-28-20(27)11-29-19-10-16(21(23,24)25)14(9-17(19)22)7-13-5-6-18(26)15(8-13)12(2)3/h5-6,8-10,12,26H,4,7,11H2,1-3H3. The van der Waals surface area contributed by atoms with Crippen LogP contribution in [0.5, 0.6) is 11.5 Å². The van der Waals surface area contributed by atoms with Crippen molar-refractivity contribution in [3.8, 4) is 11.5 Å². The molecule has 0 aromatic heterocycles. The highest BCUT2D eigenvalue weighted by Crippen LogP contribution is 2.37. The lowest BCUT2D eigenvalue weighted by molar-refractivity contribution is -0.145. The molecule has 0 atom stereocenters. The SMILES string of the molecule is CCOC(=O)COc1cc(C(F)(F)F)c(Cc2ccc(O)c(C(C)C)c2)cc1F. The van der Waals surface area contributed by atoms with Crippen molar-refractivity contribution in [2.75, 3.05) is 13.2 Å². The molecule has 0 unspecified atom stereocenters. The van der Waals surface area contributed by atoms with E-state index >= 15 is 0 Å². The third kappa shape index (κ3) is 5.85. The summed E-state index contributed by atoms with van der Waals surface area (Å²) in [5.74, 6) is -2.49. The van der Waals surface area contributed by atoms with Crippen LogP contribution in [0, 0.1) is 5.82 Å². The van der Waals surface area contributed by atoms with Crippen molar-refractivity contribution >= 4 is 5.97 Å². The highest BCUT2D eigenvalue weighted by atomic mass is 19.4. The summed E-state index contributed by atoms with van der Waals surface area (Å²) >= 11 is 0. The highest BCUT2D eigenvalue weighted by Gasteiger charge is 2.35. The number of hydrogen-bond donors (Lipinski definition) is 1. The first kappa shape index (κ1) is 22.5. The van der Waals surface area contributed by atoms with Crippen molar-refractivity contribution < 1.29 is 36.9 Å². The molecule has 0 saturated carbocycles. The van der Waals surface area contributed by atoms with Crippen LogP contribution in [0.25, 0.3) is 0 Å². The lowest BCUT2D eigenvalue weighted by atomic mass is 9.94. The smallest absolute Gasteiger partial charge is 0.416 e. The maximum Gasteiger partial charge on any atom is 0.416 e. The van der Waals surface area contributed by atoms with Gasteiger partial charge in [0.1, 0.15) is 5.75 Å². The van der Waals surface area contributed by atoms with E-state index in [4.69, 9.17) is 4.74 Å². The van der Waals surface area contributed by atoms with Crippen LogP contribution in [-0.2, 0) is 22.1 Å². The Balaban J connectivity index is 2.38. The molecule has 29 heavy (non-hydrogen) atoms. The Labute approximate surface area is 166 Å². The van der Waals surface area contributed by atoms with Crippen molar-refractivity contribution in [3.05, 3.63) is 58.4 Å². The Morgan fingerprint density at radius 1 is 1.17 bits per heavy atom. The molecule has 8 heteroatoms. The predicted octanol–water partition coefficient (Wildman–Crippen LogP) is 5.21. The quantitative estimate of drug-likeness (QED) is 0.499. The van der Waals surface area contributed by atoms with E-state index in [1.165, 1.54) is 12.1 Å². The molecule has 2 rings (SSSR count). The van der Waals surface area contributed by atoms with Gasteiger partial charge in [0.15, 0.2) is 18.2 Å². The first-order valence-corrected chi connectivity index (χ1v) is 9.02. The van der Waals surface area contributed by atoms with Gasteiger partial charge < -0.3 is 14.6 Å². The molecule has 0 aliphatic carbocycles. The maximum absolute atomic E-state index is 14.3. The van der Waals surface area contributed by atoms with E-state index in [1.807, 2.05) is 13.8 Å². The zero-order valence-electron chi connectivity index (χ0n) is 16.3. The predicted molar refractivity (Wildman–Crippen MR) is 98.5 cm³/mol. The van der Waals surface area contributed by atoms with Gasteiger partial charge in [-0.25, -0.2) is 9.18 Å². The number of rotatable bonds is 7. The van der Waals surface area contributed by atoms with E-state index in [1.54, 1.807) is 13.0 Å². The molecular weight excluding hydrogens is 392 g/mol. The van der Waals surface area contributed by atoms with Gasteiger partial charge in [-0.3, -0.25) is 0 Å². The molecule has 0 bridgehead atoms. The summed E-state index contributed by atoms with van der Waals surface area (Å²) in [5, 5.41) is 9.88. The minimum Gasteiger partial charge on any atom is -0.508 e. The number of phenols is 1. The summed E-state index contributed by atoms with van der Waals surface area (Å²) < 4.78 is 64.5. The van der Waals surface area contributed by atoms with Gasteiger partial charge in [0.25, 0.3) is 0 Å². The van der Waals surface area contributed by atoms with Crippen LogP contribution in [-0.4, -0.2) is 24.3 Å². The highest BCUT2D eigenvalue weighted by molar-refractivity contribution is 5.71. The third-order valence-corrected chi connectivity index (χ3v) is 4.22. The first-order chi connectivity index (χ1) is 13.5. The zero-order valence-corrected chi connectivity index (χ0v) is 16.3. The van der Waals surface area contributed by atoms with Crippen LogP contribution in [0.3, 0.4) is 0 Å². The van der Waals surface area contributed by atoms with E-state index in [9.17, 15) is 27.5 Å². The van der Waals surface area contributed by atoms with Crippen LogP contribution < -0.4 is 4.74 Å². The Hall–Kier alpha value is -2.77. The van der Waals surface area contributed by atoms with E-state index in [0.29, 0.717) is 17.2 Å². The summed E-state index contributed by atoms with van der Waals surface area (Å²) in [6.07, 6.45) is -4.94. The normalized spacial score (nSPS) is 11.6. The maximum atomic E-state index is 14.3. The summed E-state index contributed by atoms with van der Waals surface area (Å²) in [7, 11) is 0. The second-order valence-electron chi connectivity index (χ2n) is 6.76. The van der Waals surface area contributed by atoms with Gasteiger partial charge in [0.05, 0.1) is 12.2 Å². The van der Waals surface area contributed by atoms with Gasteiger partial charge in [-0.05, 0) is 54.2 Å². The second kappa shape index (κ2) is 9.15. The fraction of sp³-hybridized carbons (Fsp3) is 0.381. The molecule has 4 nitrogen and oxygen atoms in total. The number of alkyl halides is 3. The number of aromatic hydroxyl groups is 1. The Kier molecular flexibility index (Phi) is 7.11. The number of ether oxygens (including phenoxy) is 2. The Morgan fingerprint density at radius 2 is 1.86 bits per heavy atom. The van der Waals surface area contributed by atoms with Crippen LogP contribution in [0.15, 0.2) is 30.3 Å². The monoisotopic (exact) mass is 414 g/mol. The largest absolute Gasteiger partial charge is 0.508 e. The van der Waals surface area contributed by atoms with E-state index < -0.39 is 35.9 Å². The molecule has 0 aliphatic heterocycles. The van der Waals surface area contributed by atoms with Crippen molar-refractivity contribution in [2.24, 2.45) is 0 Å². The average Bonchev–Trinajstić information content (AvgIpc) is 2.61. The van der Waals surface area contributed by atoms with E-state index in [2.05, 4.69) is 4.74 Å². The molecule has 158 valence electrons. The van der Waals surface area contributed by atoms with Crippen molar-refractivity contribution in [3.63, 3.8) is 0 Å². The number of benzene rings is 2. The molecule has 0 saturated heterocycles. The van der Waals surface area contributed by atoms with E-state index in [-0.39, 0.29) is 30.3 Å². The lowest BCUT2D eigenvalue weighted by Crippen LogP contribution is -2.16. The number of carbonyl (C=O) groups excluding carboxylic acids is 1. The third-order valence-electron chi connectivity index (χ3n) is 4.22. The van der Waals surface area contributed by atoms with Crippen LogP contribution in [0.1, 0.15) is 48.9 Å². The number of carbonyl (C=O) groups is 1. The minimum atomic E-state index is -4.75. The Morgan fingerprint density at radius 3 is 2.45 bits per heavy atom. The molecule has 0 amide bonds. The first-order valence-electron chi connectivity index (χ1n) is 9.02. The average molecular weight is 414 g/mol. The van der Waals surface area contributed by atoms with Crippen molar-refractivity contribution in [2.45, 2.75) is 39.3 Å². The molecule has 0 spiro atoms. The van der Waals surface area contributed by atoms with Crippen LogP contribution >= 0.6 is 0 Å². The molecule has 0 heterocycles. The molecule has 2 aromatic rings. The summed E-state index contributed by atoms with van der Waals surface area (Å²) in [5.41, 5.74) is -0.252. The molecule has 0 radical (unpaired) electrons. The number of phenolic OH excluding ortho intramolecular Hbond substituents is 1. The van der Waals surface area contributed by atoms with Gasteiger partial charge >= 0.3 is 12.1 Å². The number of halogens is 4. The fourth-order valence-corrected chi connectivity index (χ4v) is 2.85. The summed E-state index contributed by atoms with van der Waals surface area (Å²) in [4.78, 5) is 11.3.